The highest BCUT2D eigenvalue weighted by molar-refractivity contribution is 7.18. The van der Waals surface area contributed by atoms with Gasteiger partial charge in [-0.1, -0.05) is 6.92 Å². The van der Waals surface area contributed by atoms with Crippen LogP contribution in [0.4, 0.5) is 17.5 Å². The molecule has 0 saturated heterocycles. The summed E-state index contributed by atoms with van der Waals surface area (Å²) in [7, 11) is 0. The second kappa shape index (κ2) is 4.55. The summed E-state index contributed by atoms with van der Waals surface area (Å²) in [6.45, 7) is 2.13. The molecule has 0 radical (unpaired) electrons. The molecule has 0 saturated carbocycles. The summed E-state index contributed by atoms with van der Waals surface area (Å²) >= 11 is 3.31. The molecule has 3 N–H and O–H groups in total. The Kier molecular flexibility index (Phi) is 2.89. The van der Waals surface area contributed by atoms with Crippen molar-refractivity contribution in [2.24, 2.45) is 0 Å². The molecular formula is C12H12N4S2. The summed E-state index contributed by atoms with van der Waals surface area (Å²) in [4.78, 5) is 10.8. The van der Waals surface area contributed by atoms with Gasteiger partial charge in [0.15, 0.2) is 0 Å². The fourth-order valence-electron chi connectivity index (χ4n) is 1.73. The van der Waals surface area contributed by atoms with E-state index in [1.54, 1.807) is 22.7 Å². The molecule has 0 spiro atoms. The van der Waals surface area contributed by atoms with E-state index in [1.807, 2.05) is 16.8 Å². The van der Waals surface area contributed by atoms with Crippen molar-refractivity contribution in [2.45, 2.75) is 13.3 Å². The second-order valence-electron chi connectivity index (χ2n) is 3.85. The first-order chi connectivity index (χ1) is 8.76. The molecule has 3 rings (SSSR count). The van der Waals surface area contributed by atoms with Crippen molar-refractivity contribution >= 4 is 50.3 Å². The SMILES string of the molecule is CCc1cc2c(Nc3ccsc3)nc(N)nc2s1. The van der Waals surface area contributed by atoms with Gasteiger partial charge in [0, 0.05) is 10.3 Å². The molecule has 3 heterocycles. The van der Waals surface area contributed by atoms with Crippen LogP contribution in [-0.4, -0.2) is 9.97 Å². The predicted octanol–water partition coefficient (Wildman–Crippen LogP) is 3.64. The zero-order valence-electron chi connectivity index (χ0n) is 9.80. The molecule has 0 aliphatic rings. The van der Waals surface area contributed by atoms with Crippen molar-refractivity contribution in [1.29, 1.82) is 0 Å². The van der Waals surface area contributed by atoms with Gasteiger partial charge in [-0.2, -0.15) is 16.3 Å². The molecule has 0 atom stereocenters. The summed E-state index contributed by atoms with van der Waals surface area (Å²) in [5.74, 6) is 1.09. The van der Waals surface area contributed by atoms with E-state index in [4.69, 9.17) is 5.73 Å². The van der Waals surface area contributed by atoms with Gasteiger partial charge in [0.1, 0.15) is 10.6 Å². The lowest BCUT2D eigenvalue weighted by atomic mass is 10.3. The van der Waals surface area contributed by atoms with Crippen molar-refractivity contribution in [1.82, 2.24) is 9.97 Å². The van der Waals surface area contributed by atoms with E-state index in [0.717, 1.165) is 28.1 Å². The highest BCUT2D eigenvalue weighted by atomic mass is 32.1. The van der Waals surface area contributed by atoms with Crippen LogP contribution in [-0.2, 0) is 6.42 Å². The number of thiophene rings is 2. The van der Waals surface area contributed by atoms with Gasteiger partial charge >= 0.3 is 0 Å². The van der Waals surface area contributed by atoms with Crippen LogP contribution in [0.15, 0.2) is 22.9 Å². The lowest BCUT2D eigenvalue weighted by Gasteiger charge is -2.04. The van der Waals surface area contributed by atoms with Crippen LogP contribution in [0.3, 0.4) is 0 Å². The van der Waals surface area contributed by atoms with E-state index in [1.165, 1.54) is 4.88 Å². The number of fused-ring (bicyclic) bond motifs is 1. The molecule has 0 aliphatic carbocycles. The van der Waals surface area contributed by atoms with Gasteiger partial charge in [0.2, 0.25) is 5.95 Å². The summed E-state index contributed by atoms with van der Waals surface area (Å²) in [6, 6.07) is 4.15. The van der Waals surface area contributed by atoms with Crippen LogP contribution in [0.1, 0.15) is 11.8 Å². The molecule has 0 fully saturated rings. The van der Waals surface area contributed by atoms with Crippen LogP contribution in [0.2, 0.25) is 0 Å². The minimum Gasteiger partial charge on any atom is -0.368 e. The summed E-state index contributed by atoms with van der Waals surface area (Å²) in [6.07, 6.45) is 0.999. The Morgan fingerprint density at radius 2 is 2.28 bits per heavy atom. The van der Waals surface area contributed by atoms with Crippen LogP contribution < -0.4 is 11.1 Å². The fraction of sp³-hybridized carbons (Fsp3) is 0.167. The number of hydrogen-bond acceptors (Lipinski definition) is 6. The monoisotopic (exact) mass is 276 g/mol. The number of hydrogen-bond donors (Lipinski definition) is 2. The highest BCUT2D eigenvalue weighted by Gasteiger charge is 2.10. The maximum Gasteiger partial charge on any atom is 0.223 e. The Balaban J connectivity index is 2.11. The van der Waals surface area contributed by atoms with E-state index in [2.05, 4.69) is 28.3 Å². The molecule has 0 aliphatic heterocycles. The summed E-state index contributed by atoms with van der Waals surface area (Å²) in [5.41, 5.74) is 6.78. The number of anilines is 3. The molecule has 92 valence electrons. The molecule has 3 aromatic heterocycles. The number of aryl methyl sites for hydroxylation is 1. The highest BCUT2D eigenvalue weighted by Crippen LogP contribution is 2.31. The van der Waals surface area contributed by atoms with Crippen LogP contribution in [0, 0.1) is 0 Å². The van der Waals surface area contributed by atoms with Crippen molar-refractivity contribution in [3.63, 3.8) is 0 Å². The average Bonchev–Trinajstić information content (AvgIpc) is 2.97. The fourth-order valence-corrected chi connectivity index (χ4v) is 3.29. The van der Waals surface area contributed by atoms with Crippen LogP contribution in [0.5, 0.6) is 0 Å². The van der Waals surface area contributed by atoms with Gasteiger partial charge in [-0.05, 0) is 23.9 Å². The van der Waals surface area contributed by atoms with Gasteiger partial charge in [-0.25, -0.2) is 4.98 Å². The average molecular weight is 276 g/mol. The molecule has 0 unspecified atom stereocenters. The second-order valence-corrected chi connectivity index (χ2v) is 5.75. The number of nitrogen functional groups attached to an aromatic ring is 1. The van der Waals surface area contributed by atoms with Gasteiger partial charge in [0.05, 0.1) is 11.1 Å². The molecular weight excluding hydrogens is 264 g/mol. The van der Waals surface area contributed by atoms with Gasteiger partial charge < -0.3 is 11.1 Å². The smallest absolute Gasteiger partial charge is 0.223 e. The van der Waals surface area contributed by atoms with Crippen molar-refractivity contribution < 1.29 is 0 Å². The van der Waals surface area contributed by atoms with Gasteiger partial charge in [-0.15, -0.1) is 11.3 Å². The molecule has 6 heteroatoms. The molecule has 0 amide bonds. The maximum absolute atomic E-state index is 5.75. The molecule has 18 heavy (non-hydrogen) atoms. The number of nitrogens with two attached hydrogens (primary N) is 1. The van der Waals surface area contributed by atoms with Crippen molar-refractivity contribution in [3.05, 3.63) is 27.8 Å². The first-order valence-corrected chi connectivity index (χ1v) is 7.37. The Bertz CT molecular complexity index is 673. The lowest BCUT2D eigenvalue weighted by molar-refractivity contribution is 1.19. The number of nitrogens with one attached hydrogen (secondary N) is 1. The van der Waals surface area contributed by atoms with E-state index in [9.17, 15) is 0 Å². The van der Waals surface area contributed by atoms with Crippen LogP contribution >= 0.6 is 22.7 Å². The van der Waals surface area contributed by atoms with Gasteiger partial charge in [-0.3, -0.25) is 0 Å². The molecule has 0 bridgehead atoms. The number of rotatable bonds is 3. The largest absolute Gasteiger partial charge is 0.368 e. The Morgan fingerprint density at radius 1 is 1.39 bits per heavy atom. The molecule has 3 aromatic rings. The standard InChI is InChI=1S/C12H12N4S2/c1-2-8-5-9-10(14-7-3-4-17-6-7)15-12(13)16-11(9)18-8/h3-6H,2H2,1H3,(H3,13,14,15,16). The zero-order chi connectivity index (χ0) is 12.5. The third-order valence-electron chi connectivity index (χ3n) is 2.59. The third-order valence-corrected chi connectivity index (χ3v) is 4.45. The van der Waals surface area contributed by atoms with Crippen molar-refractivity contribution in [2.75, 3.05) is 11.1 Å². The summed E-state index contributed by atoms with van der Waals surface area (Å²) in [5, 5.41) is 8.39. The first kappa shape index (κ1) is 11.4. The quantitative estimate of drug-likeness (QED) is 0.766. The third kappa shape index (κ3) is 2.04. The number of aromatic nitrogens is 2. The van der Waals surface area contributed by atoms with Gasteiger partial charge in [0.25, 0.3) is 0 Å². The maximum atomic E-state index is 5.75. The molecule has 0 aromatic carbocycles. The Labute approximate surface area is 113 Å². The topological polar surface area (TPSA) is 63.8 Å². The van der Waals surface area contributed by atoms with E-state index in [0.29, 0.717) is 5.95 Å². The van der Waals surface area contributed by atoms with E-state index < -0.39 is 0 Å². The van der Waals surface area contributed by atoms with Crippen LogP contribution in [0.25, 0.3) is 10.2 Å². The predicted molar refractivity (Wildman–Crippen MR) is 78.8 cm³/mol. The van der Waals surface area contributed by atoms with Crippen molar-refractivity contribution in [3.8, 4) is 0 Å². The van der Waals surface area contributed by atoms with E-state index in [-0.39, 0.29) is 0 Å². The minimum absolute atomic E-state index is 0.310. The van der Waals surface area contributed by atoms with E-state index >= 15 is 0 Å². The summed E-state index contributed by atoms with van der Waals surface area (Å²) < 4.78 is 0. The number of nitrogens with zero attached hydrogens (tertiary/aromatic N) is 2. The lowest BCUT2D eigenvalue weighted by Crippen LogP contribution is -1.99. The normalized spacial score (nSPS) is 10.9. The molecule has 4 nitrogen and oxygen atoms in total. The zero-order valence-corrected chi connectivity index (χ0v) is 11.4. The Morgan fingerprint density at radius 3 is 3.00 bits per heavy atom. The Hall–Kier alpha value is -1.66. The minimum atomic E-state index is 0.310. The first-order valence-electron chi connectivity index (χ1n) is 5.61.